The summed E-state index contributed by atoms with van der Waals surface area (Å²) in [6, 6.07) is 4.13. The maximum atomic E-state index is 4.33. The molecule has 0 atom stereocenters. The van der Waals surface area contributed by atoms with Crippen LogP contribution in [-0.2, 0) is 6.54 Å². The number of rotatable bonds is 6. The molecule has 0 aliphatic carbocycles. The Morgan fingerprint density at radius 3 is 2.45 bits per heavy atom. The average Bonchev–Trinajstić information content (AvgIpc) is 2.47. The molecule has 6 heteroatoms. The van der Waals surface area contributed by atoms with Crippen LogP contribution in [0, 0.1) is 0 Å². The lowest BCUT2D eigenvalue weighted by Gasteiger charge is -2.35. The van der Waals surface area contributed by atoms with Gasteiger partial charge < -0.3 is 15.1 Å². The van der Waals surface area contributed by atoms with Crippen LogP contribution in [0.3, 0.4) is 0 Å². The Hall–Kier alpha value is -1.24. The summed E-state index contributed by atoms with van der Waals surface area (Å²) in [4.78, 5) is 7.07. The summed E-state index contributed by atoms with van der Waals surface area (Å²) in [5, 5.41) is 11.7. The number of hydrogen-bond donors (Lipinski definition) is 1. The average molecular weight is 278 g/mol. The molecule has 1 aromatic rings. The molecule has 0 spiro atoms. The van der Waals surface area contributed by atoms with Gasteiger partial charge in [0.05, 0.1) is 5.69 Å². The molecular weight excluding hydrogens is 252 g/mol. The fourth-order valence-corrected chi connectivity index (χ4v) is 2.34. The van der Waals surface area contributed by atoms with Gasteiger partial charge in [-0.1, -0.05) is 0 Å². The normalized spacial score (nSPS) is 16.9. The zero-order valence-electron chi connectivity index (χ0n) is 12.8. The maximum Gasteiger partial charge on any atom is 0.151 e. The van der Waals surface area contributed by atoms with E-state index in [1.54, 1.807) is 0 Å². The monoisotopic (exact) mass is 278 g/mol. The molecular formula is C14H26N6. The van der Waals surface area contributed by atoms with Crippen molar-refractivity contribution >= 4 is 5.82 Å². The van der Waals surface area contributed by atoms with Crippen LogP contribution in [0.25, 0.3) is 0 Å². The highest BCUT2D eigenvalue weighted by molar-refractivity contribution is 5.37. The van der Waals surface area contributed by atoms with Gasteiger partial charge in [0, 0.05) is 45.8 Å². The molecule has 2 rings (SSSR count). The SMILES string of the molecule is CNCc1ccc(N2CCN(CCN(C)C)CC2)nn1. The molecule has 1 aromatic heterocycles. The van der Waals surface area contributed by atoms with Crippen LogP contribution in [0.15, 0.2) is 12.1 Å². The van der Waals surface area contributed by atoms with Gasteiger partial charge >= 0.3 is 0 Å². The predicted octanol–water partition coefficient (Wildman–Crippen LogP) is -0.120. The van der Waals surface area contributed by atoms with Crippen molar-refractivity contribution in [1.29, 1.82) is 0 Å². The van der Waals surface area contributed by atoms with Crippen molar-refractivity contribution in [3.63, 3.8) is 0 Å². The van der Waals surface area contributed by atoms with E-state index in [1.165, 1.54) is 0 Å². The zero-order valence-corrected chi connectivity index (χ0v) is 12.8. The van der Waals surface area contributed by atoms with Crippen LogP contribution in [0.5, 0.6) is 0 Å². The summed E-state index contributed by atoms with van der Waals surface area (Å²) in [6.07, 6.45) is 0. The summed E-state index contributed by atoms with van der Waals surface area (Å²) in [5.74, 6) is 0.997. The van der Waals surface area contributed by atoms with Gasteiger partial charge in [0.1, 0.15) is 0 Å². The summed E-state index contributed by atoms with van der Waals surface area (Å²) in [7, 11) is 6.17. The van der Waals surface area contributed by atoms with Crippen LogP contribution in [0.2, 0.25) is 0 Å². The Kier molecular flexibility index (Phi) is 5.70. The number of piperazine rings is 1. The van der Waals surface area contributed by atoms with E-state index in [2.05, 4.69) is 56.4 Å². The predicted molar refractivity (Wildman–Crippen MR) is 82.0 cm³/mol. The van der Waals surface area contributed by atoms with Crippen molar-refractivity contribution in [1.82, 2.24) is 25.3 Å². The van der Waals surface area contributed by atoms with Crippen molar-refractivity contribution in [2.75, 3.05) is 65.3 Å². The molecule has 1 saturated heterocycles. The number of hydrogen-bond acceptors (Lipinski definition) is 6. The van der Waals surface area contributed by atoms with Crippen molar-refractivity contribution in [2.24, 2.45) is 0 Å². The minimum Gasteiger partial charge on any atom is -0.353 e. The third kappa shape index (κ3) is 4.40. The minimum absolute atomic E-state index is 0.769. The number of nitrogens with one attached hydrogen (secondary N) is 1. The number of aromatic nitrogens is 2. The molecule has 6 nitrogen and oxygen atoms in total. The van der Waals surface area contributed by atoms with E-state index in [-0.39, 0.29) is 0 Å². The van der Waals surface area contributed by atoms with Crippen molar-refractivity contribution in [2.45, 2.75) is 6.54 Å². The van der Waals surface area contributed by atoms with Crippen molar-refractivity contribution < 1.29 is 0 Å². The molecule has 0 radical (unpaired) electrons. The first-order valence-corrected chi connectivity index (χ1v) is 7.28. The number of likely N-dealkylation sites (N-methyl/N-ethyl adjacent to an activating group) is 1. The summed E-state index contributed by atoms with van der Waals surface area (Å²) < 4.78 is 0. The second-order valence-electron chi connectivity index (χ2n) is 5.55. The minimum atomic E-state index is 0.769. The first-order chi connectivity index (χ1) is 9.69. The molecule has 1 N–H and O–H groups in total. The highest BCUT2D eigenvalue weighted by Gasteiger charge is 2.18. The molecule has 0 aromatic carbocycles. The molecule has 0 unspecified atom stereocenters. The largest absolute Gasteiger partial charge is 0.353 e. The van der Waals surface area contributed by atoms with Gasteiger partial charge in [-0.2, -0.15) is 5.10 Å². The third-order valence-electron chi connectivity index (χ3n) is 3.62. The Morgan fingerprint density at radius 1 is 1.15 bits per heavy atom. The van der Waals surface area contributed by atoms with E-state index in [0.717, 1.165) is 57.3 Å². The summed E-state index contributed by atoms with van der Waals surface area (Å²) >= 11 is 0. The molecule has 1 aliphatic heterocycles. The van der Waals surface area contributed by atoms with Crippen molar-refractivity contribution in [3.05, 3.63) is 17.8 Å². The lowest BCUT2D eigenvalue weighted by Crippen LogP contribution is -2.48. The van der Waals surface area contributed by atoms with E-state index < -0.39 is 0 Å². The van der Waals surface area contributed by atoms with Gasteiger partial charge in [0.25, 0.3) is 0 Å². The summed E-state index contributed by atoms with van der Waals surface area (Å²) in [5.41, 5.74) is 0.987. The lowest BCUT2D eigenvalue weighted by atomic mass is 10.3. The molecule has 1 aliphatic rings. The van der Waals surface area contributed by atoms with E-state index in [9.17, 15) is 0 Å². The standard InChI is InChI=1S/C14H26N6/c1-15-12-13-4-5-14(17-16-13)20-10-8-19(9-11-20)7-6-18(2)3/h4-5,15H,6-12H2,1-3H3. The van der Waals surface area contributed by atoms with E-state index in [1.807, 2.05) is 7.05 Å². The number of anilines is 1. The van der Waals surface area contributed by atoms with E-state index in [4.69, 9.17) is 0 Å². The first kappa shape index (κ1) is 15.2. The van der Waals surface area contributed by atoms with E-state index in [0.29, 0.717) is 0 Å². The smallest absolute Gasteiger partial charge is 0.151 e. The Bertz CT molecular complexity index is 383. The molecule has 2 heterocycles. The van der Waals surface area contributed by atoms with Crippen LogP contribution in [-0.4, -0.2) is 80.4 Å². The van der Waals surface area contributed by atoms with Gasteiger partial charge in [-0.15, -0.1) is 5.10 Å². The molecule has 0 amide bonds. The molecule has 20 heavy (non-hydrogen) atoms. The first-order valence-electron chi connectivity index (χ1n) is 7.28. The fourth-order valence-electron chi connectivity index (χ4n) is 2.34. The van der Waals surface area contributed by atoms with Crippen LogP contribution in [0.4, 0.5) is 5.82 Å². The highest BCUT2D eigenvalue weighted by Crippen LogP contribution is 2.12. The van der Waals surface area contributed by atoms with Gasteiger partial charge in [-0.25, -0.2) is 0 Å². The lowest BCUT2D eigenvalue weighted by molar-refractivity contribution is 0.229. The quantitative estimate of drug-likeness (QED) is 0.783. The molecule has 0 saturated carbocycles. The van der Waals surface area contributed by atoms with Crippen LogP contribution in [0.1, 0.15) is 5.69 Å². The second-order valence-corrected chi connectivity index (χ2v) is 5.55. The highest BCUT2D eigenvalue weighted by atomic mass is 15.3. The molecule has 1 fully saturated rings. The van der Waals surface area contributed by atoms with Crippen LogP contribution >= 0.6 is 0 Å². The Morgan fingerprint density at radius 2 is 1.90 bits per heavy atom. The van der Waals surface area contributed by atoms with Gasteiger partial charge in [0.15, 0.2) is 5.82 Å². The Balaban J connectivity index is 1.81. The number of nitrogens with zero attached hydrogens (tertiary/aromatic N) is 5. The van der Waals surface area contributed by atoms with Crippen molar-refractivity contribution in [3.8, 4) is 0 Å². The van der Waals surface area contributed by atoms with Gasteiger partial charge in [0.2, 0.25) is 0 Å². The zero-order chi connectivity index (χ0) is 14.4. The molecule has 112 valence electrons. The maximum absolute atomic E-state index is 4.33. The second kappa shape index (κ2) is 7.52. The van der Waals surface area contributed by atoms with Gasteiger partial charge in [-0.3, -0.25) is 4.90 Å². The van der Waals surface area contributed by atoms with E-state index >= 15 is 0 Å². The third-order valence-corrected chi connectivity index (χ3v) is 3.62. The molecule has 0 bridgehead atoms. The topological polar surface area (TPSA) is 47.5 Å². The fraction of sp³-hybridized carbons (Fsp3) is 0.714. The Labute approximate surface area is 121 Å². The van der Waals surface area contributed by atoms with Gasteiger partial charge in [-0.05, 0) is 33.3 Å². The summed E-state index contributed by atoms with van der Waals surface area (Å²) in [6.45, 7) is 7.32. The van der Waals surface area contributed by atoms with Crippen LogP contribution < -0.4 is 10.2 Å².